The lowest BCUT2D eigenvalue weighted by Crippen LogP contribution is -2.47. The van der Waals surface area contributed by atoms with Gasteiger partial charge in [0.15, 0.2) is 6.10 Å². The van der Waals surface area contributed by atoms with Crippen LogP contribution in [0.5, 0.6) is 0 Å². The molecule has 2 N–H and O–H groups in total. The van der Waals surface area contributed by atoms with Crippen LogP contribution >= 0.6 is 0 Å². The van der Waals surface area contributed by atoms with Crippen molar-refractivity contribution < 1.29 is 19.1 Å². The molecule has 0 fully saturated rings. The van der Waals surface area contributed by atoms with Crippen molar-refractivity contribution >= 4 is 23.5 Å². The molecule has 0 saturated carbocycles. The topological polar surface area (TPSA) is 84.5 Å². The molecule has 2 atom stereocenters. The number of benzene rings is 2. The van der Waals surface area contributed by atoms with E-state index in [2.05, 4.69) is 17.6 Å². The third-order valence-electron chi connectivity index (χ3n) is 4.74. The Labute approximate surface area is 178 Å². The molecule has 0 aliphatic carbocycles. The van der Waals surface area contributed by atoms with Crippen LogP contribution in [0.1, 0.15) is 38.8 Å². The molecule has 6 nitrogen and oxygen atoms in total. The summed E-state index contributed by atoms with van der Waals surface area (Å²) in [5.74, 6) is -1.51. The molecule has 0 spiro atoms. The zero-order valence-corrected chi connectivity index (χ0v) is 18.0. The lowest BCUT2D eigenvalue weighted by atomic mass is 10.0. The van der Waals surface area contributed by atoms with Crippen molar-refractivity contribution in [1.29, 1.82) is 0 Å². The maximum atomic E-state index is 12.6. The van der Waals surface area contributed by atoms with Gasteiger partial charge >= 0.3 is 5.97 Å². The summed E-state index contributed by atoms with van der Waals surface area (Å²) in [5, 5.41) is 5.46. The molecule has 0 heterocycles. The third-order valence-corrected chi connectivity index (χ3v) is 4.74. The summed E-state index contributed by atoms with van der Waals surface area (Å²) in [6.07, 6.45) is 0.0892. The standard InChI is InChI=1S/C24H30N2O4/c1-5-18-11-13-20(14-12-18)25-23(28)17(4)30-24(29)22(16(2)3)26-21(27)15-19-9-7-6-8-10-19/h6-14,16-17,22H,5,15H2,1-4H3,(H,25,28)(H,26,27). The number of aryl methyl sites for hydroxylation is 1. The Balaban J connectivity index is 1.92. The van der Waals surface area contributed by atoms with Gasteiger partial charge < -0.3 is 15.4 Å². The van der Waals surface area contributed by atoms with Crippen molar-refractivity contribution in [3.63, 3.8) is 0 Å². The van der Waals surface area contributed by atoms with Gasteiger partial charge in [0.1, 0.15) is 6.04 Å². The molecule has 0 aliphatic rings. The number of anilines is 1. The molecule has 0 bridgehead atoms. The predicted molar refractivity (Wildman–Crippen MR) is 117 cm³/mol. The van der Waals surface area contributed by atoms with Gasteiger partial charge in [-0.25, -0.2) is 4.79 Å². The second kappa shape index (κ2) is 11.1. The fraction of sp³-hybridized carbons (Fsp3) is 0.375. The number of hydrogen-bond donors (Lipinski definition) is 2. The molecule has 2 unspecified atom stereocenters. The van der Waals surface area contributed by atoms with Gasteiger partial charge in [-0.15, -0.1) is 0 Å². The quantitative estimate of drug-likeness (QED) is 0.620. The SMILES string of the molecule is CCc1ccc(NC(=O)C(C)OC(=O)C(NC(=O)Cc2ccccc2)C(C)C)cc1. The summed E-state index contributed by atoms with van der Waals surface area (Å²) < 4.78 is 5.34. The van der Waals surface area contributed by atoms with Gasteiger partial charge in [-0.05, 0) is 42.5 Å². The molecule has 2 rings (SSSR count). The fourth-order valence-electron chi connectivity index (χ4n) is 2.87. The molecule has 6 heteroatoms. The molecule has 0 aliphatic heterocycles. The molecule has 30 heavy (non-hydrogen) atoms. The van der Waals surface area contributed by atoms with Crippen molar-refractivity contribution in [2.45, 2.75) is 52.7 Å². The summed E-state index contributed by atoms with van der Waals surface area (Å²) >= 11 is 0. The van der Waals surface area contributed by atoms with Gasteiger partial charge in [0, 0.05) is 5.69 Å². The van der Waals surface area contributed by atoms with E-state index in [0.29, 0.717) is 5.69 Å². The number of rotatable bonds is 9. The number of nitrogens with one attached hydrogen (secondary N) is 2. The van der Waals surface area contributed by atoms with E-state index < -0.39 is 24.0 Å². The summed E-state index contributed by atoms with van der Waals surface area (Å²) in [6.45, 7) is 7.19. The van der Waals surface area contributed by atoms with E-state index >= 15 is 0 Å². The van der Waals surface area contributed by atoms with Crippen LogP contribution in [0.4, 0.5) is 5.69 Å². The third kappa shape index (κ3) is 7.03. The first-order valence-electron chi connectivity index (χ1n) is 10.2. The second-order valence-electron chi connectivity index (χ2n) is 7.57. The van der Waals surface area contributed by atoms with Gasteiger partial charge in [0.05, 0.1) is 6.42 Å². The summed E-state index contributed by atoms with van der Waals surface area (Å²) in [6, 6.07) is 15.9. The van der Waals surface area contributed by atoms with Crippen LogP contribution in [0.25, 0.3) is 0 Å². The molecule has 0 saturated heterocycles. The molecule has 0 aromatic heterocycles. The average molecular weight is 411 g/mol. The van der Waals surface area contributed by atoms with Crippen LogP contribution in [0.15, 0.2) is 54.6 Å². The van der Waals surface area contributed by atoms with Gasteiger partial charge in [-0.1, -0.05) is 63.2 Å². The molecular weight excluding hydrogens is 380 g/mol. The van der Waals surface area contributed by atoms with E-state index in [-0.39, 0.29) is 18.2 Å². The summed E-state index contributed by atoms with van der Waals surface area (Å²) in [4.78, 5) is 37.3. The summed E-state index contributed by atoms with van der Waals surface area (Å²) in [7, 11) is 0. The number of carbonyl (C=O) groups is 3. The fourth-order valence-corrected chi connectivity index (χ4v) is 2.87. The first-order chi connectivity index (χ1) is 14.3. The highest BCUT2D eigenvalue weighted by Gasteiger charge is 2.29. The Morgan fingerprint density at radius 2 is 1.53 bits per heavy atom. The normalized spacial score (nSPS) is 12.7. The van der Waals surface area contributed by atoms with E-state index in [0.717, 1.165) is 12.0 Å². The zero-order chi connectivity index (χ0) is 22.1. The highest BCUT2D eigenvalue weighted by molar-refractivity contribution is 5.95. The van der Waals surface area contributed by atoms with Crippen molar-refractivity contribution in [2.75, 3.05) is 5.32 Å². The highest BCUT2D eigenvalue weighted by atomic mass is 16.5. The smallest absolute Gasteiger partial charge is 0.329 e. The van der Waals surface area contributed by atoms with Crippen LogP contribution in [0.2, 0.25) is 0 Å². The Morgan fingerprint density at radius 1 is 0.900 bits per heavy atom. The van der Waals surface area contributed by atoms with Crippen LogP contribution in [-0.4, -0.2) is 29.9 Å². The van der Waals surface area contributed by atoms with Crippen molar-refractivity contribution in [3.05, 3.63) is 65.7 Å². The first kappa shape index (κ1) is 23.1. The van der Waals surface area contributed by atoms with Gasteiger partial charge in [0.2, 0.25) is 5.91 Å². The Morgan fingerprint density at radius 3 is 2.10 bits per heavy atom. The van der Waals surface area contributed by atoms with Crippen molar-refractivity contribution in [2.24, 2.45) is 5.92 Å². The Hall–Kier alpha value is -3.15. The van der Waals surface area contributed by atoms with Crippen LogP contribution in [0.3, 0.4) is 0 Å². The molecule has 2 amide bonds. The number of ether oxygens (including phenoxy) is 1. The molecule has 160 valence electrons. The van der Waals surface area contributed by atoms with Crippen LogP contribution < -0.4 is 10.6 Å². The zero-order valence-electron chi connectivity index (χ0n) is 18.0. The highest BCUT2D eigenvalue weighted by Crippen LogP contribution is 2.12. The maximum absolute atomic E-state index is 12.6. The minimum Gasteiger partial charge on any atom is -0.451 e. The number of amides is 2. The lowest BCUT2D eigenvalue weighted by Gasteiger charge is -2.23. The van der Waals surface area contributed by atoms with Gasteiger partial charge in [-0.3, -0.25) is 9.59 Å². The number of esters is 1. The maximum Gasteiger partial charge on any atom is 0.329 e. The van der Waals surface area contributed by atoms with E-state index in [1.807, 2.05) is 68.4 Å². The van der Waals surface area contributed by atoms with Crippen molar-refractivity contribution in [1.82, 2.24) is 5.32 Å². The molecule has 0 radical (unpaired) electrons. The van der Waals surface area contributed by atoms with E-state index in [4.69, 9.17) is 4.74 Å². The summed E-state index contributed by atoms with van der Waals surface area (Å²) in [5.41, 5.74) is 2.66. The molecular formula is C24H30N2O4. The number of hydrogen-bond acceptors (Lipinski definition) is 4. The van der Waals surface area contributed by atoms with Crippen molar-refractivity contribution in [3.8, 4) is 0 Å². The number of carbonyl (C=O) groups excluding carboxylic acids is 3. The van der Waals surface area contributed by atoms with Crippen LogP contribution in [0, 0.1) is 5.92 Å². The van der Waals surface area contributed by atoms with Crippen LogP contribution in [-0.2, 0) is 32.0 Å². The second-order valence-corrected chi connectivity index (χ2v) is 7.57. The monoisotopic (exact) mass is 410 g/mol. The average Bonchev–Trinajstić information content (AvgIpc) is 2.72. The van der Waals surface area contributed by atoms with Gasteiger partial charge in [0.25, 0.3) is 5.91 Å². The Bertz CT molecular complexity index is 847. The molecule has 2 aromatic carbocycles. The minimum absolute atomic E-state index is 0.168. The molecule has 2 aromatic rings. The minimum atomic E-state index is -0.990. The first-order valence-corrected chi connectivity index (χ1v) is 10.2. The largest absolute Gasteiger partial charge is 0.451 e. The van der Waals surface area contributed by atoms with E-state index in [1.165, 1.54) is 12.5 Å². The predicted octanol–water partition coefficient (Wildman–Crippen LogP) is 3.50. The lowest BCUT2D eigenvalue weighted by molar-refractivity contribution is -0.157. The van der Waals surface area contributed by atoms with E-state index in [9.17, 15) is 14.4 Å². The Kier molecular flexibility index (Phi) is 8.59. The van der Waals surface area contributed by atoms with E-state index in [1.54, 1.807) is 0 Å². The van der Waals surface area contributed by atoms with Gasteiger partial charge in [-0.2, -0.15) is 0 Å².